The lowest BCUT2D eigenvalue weighted by Crippen LogP contribution is -2.29. The van der Waals surface area contributed by atoms with Gasteiger partial charge >= 0.3 is 6.18 Å². The van der Waals surface area contributed by atoms with Crippen LogP contribution < -0.4 is 0 Å². The second-order valence-electron chi connectivity index (χ2n) is 5.50. The maximum absolute atomic E-state index is 13.3. The summed E-state index contributed by atoms with van der Waals surface area (Å²) in [5.74, 6) is 0. The minimum absolute atomic E-state index is 0.368. The van der Waals surface area contributed by atoms with Crippen LogP contribution in [-0.4, -0.2) is 49.3 Å². The molecule has 1 aromatic carbocycles. The van der Waals surface area contributed by atoms with Crippen LogP contribution in [0.1, 0.15) is 17.5 Å². The fourth-order valence-electron chi connectivity index (χ4n) is 2.60. The molecule has 2 rings (SSSR count). The lowest BCUT2D eigenvalue weighted by atomic mass is 10.1. The third kappa shape index (κ3) is 5.08. The first kappa shape index (κ1) is 18.0. The van der Waals surface area contributed by atoms with Crippen LogP contribution in [0, 0.1) is 0 Å². The molecule has 1 aliphatic heterocycles. The summed E-state index contributed by atoms with van der Waals surface area (Å²) in [6.45, 7) is 3.94. The minimum atomic E-state index is -4.30. The Labute approximate surface area is 137 Å². The van der Waals surface area contributed by atoms with Crippen molar-refractivity contribution < 1.29 is 13.2 Å². The second-order valence-corrected chi connectivity index (χ2v) is 7.97. The molecule has 0 bridgehead atoms. The smallest absolute Gasteiger partial charge is 0.305 e. The van der Waals surface area contributed by atoms with Gasteiger partial charge in [0.05, 0.1) is 5.56 Å². The number of benzene rings is 1. The molecule has 1 saturated heterocycles. The van der Waals surface area contributed by atoms with Gasteiger partial charge in [-0.25, -0.2) is 0 Å². The highest BCUT2D eigenvalue weighted by Crippen LogP contribution is 2.37. The van der Waals surface area contributed by atoms with E-state index in [4.69, 9.17) is 0 Å². The van der Waals surface area contributed by atoms with Crippen molar-refractivity contribution in [2.45, 2.75) is 24.0 Å². The van der Waals surface area contributed by atoms with E-state index >= 15 is 0 Å². The zero-order valence-corrected chi connectivity index (χ0v) is 14.5. The minimum Gasteiger partial charge on any atom is -0.305 e. The second kappa shape index (κ2) is 7.95. The summed E-state index contributed by atoms with van der Waals surface area (Å²) in [7, 11) is 4.87. The SMILES string of the molecule is CSSc1ccc(CN2CCCN(C)CC2)c(C(F)(F)F)c1. The van der Waals surface area contributed by atoms with Crippen LogP contribution >= 0.6 is 21.6 Å². The van der Waals surface area contributed by atoms with E-state index in [0.29, 0.717) is 17.0 Å². The maximum atomic E-state index is 13.3. The van der Waals surface area contributed by atoms with Crippen LogP contribution in [0.3, 0.4) is 0 Å². The topological polar surface area (TPSA) is 6.48 Å². The van der Waals surface area contributed by atoms with E-state index in [9.17, 15) is 13.2 Å². The Kier molecular flexibility index (Phi) is 6.49. The summed E-state index contributed by atoms with van der Waals surface area (Å²) in [6.07, 6.45) is -1.44. The van der Waals surface area contributed by atoms with E-state index in [0.717, 1.165) is 32.6 Å². The first-order valence-corrected chi connectivity index (χ1v) is 9.77. The van der Waals surface area contributed by atoms with Crippen molar-refractivity contribution in [3.63, 3.8) is 0 Å². The van der Waals surface area contributed by atoms with Crippen molar-refractivity contribution in [2.24, 2.45) is 0 Å². The lowest BCUT2D eigenvalue weighted by Gasteiger charge is -2.23. The molecule has 0 radical (unpaired) electrons. The molecule has 0 saturated carbocycles. The molecule has 2 nitrogen and oxygen atoms in total. The van der Waals surface area contributed by atoms with Gasteiger partial charge in [0, 0.05) is 24.5 Å². The van der Waals surface area contributed by atoms with Crippen LogP contribution in [-0.2, 0) is 12.7 Å². The molecule has 0 unspecified atom stereocenters. The molecule has 1 aromatic rings. The van der Waals surface area contributed by atoms with Crippen LogP contribution in [0.25, 0.3) is 0 Å². The van der Waals surface area contributed by atoms with Crippen molar-refractivity contribution in [2.75, 3.05) is 39.5 Å². The van der Waals surface area contributed by atoms with Crippen molar-refractivity contribution in [1.82, 2.24) is 9.80 Å². The molecule has 7 heteroatoms. The molecule has 0 aliphatic carbocycles. The van der Waals surface area contributed by atoms with E-state index in [1.807, 2.05) is 6.26 Å². The average Bonchev–Trinajstić information content (AvgIpc) is 2.65. The van der Waals surface area contributed by atoms with Crippen molar-refractivity contribution in [3.05, 3.63) is 29.3 Å². The Bertz CT molecular complexity index is 494. The van der Waals surface area contributed by atoms with Gasteiger partial charge in [0.2, 0.25) is 0 Å². The molecule has 0 N–H and O–H groups in total. The number of likely N-dealkylation sites (N-methyl/N-ethyl adjacent to an activating group) is 1. The summed E-state index contributed by atoms with van der Waals surface area (Å²) < 4.78 is 40.0. The average molecular weight is 350 g/mol. The largest absolute Gasteiger partial charge is 0.416 e. The molecule has 0 aromatic heterocycles. The molecular weight excluding hydrogens is 329 g/mol. The van der Waals surface area contributed by atoms with Gasteiger partial charge in [-0.1, -0.05) is 27.7 Å². The number of halogens is 3. The van der Waals surface area contributed by atoms with Gasteiger partial charge in [0.15, 0.2) is 0 Å². The predicted octanol–water partition coefficient (Wildman–Crippen LogP) is 4.21. The van der Waals surface area contributed by atoms with Gasteiger partial charge in [-0.3, -0.25) is 4.90 Å². The summed E-state index contributed by atoms with van der Waals surface area (Å²) >= 11 is 0. The molecule has 1 heterocycles. The van der Waals surface area contributed by atoms with Crippen LogP contribution in [0.5, 0.6) is 0 Å². The predicted molar refractivity (Wildman–Crippen MR) is 88.2 cm³/mol. The zero-order chi connectivity index (χ0) is 16.2. The van der Waals surface area contributed by atoms with Crippen molar-refractivity contribution >= 4 is 21.6 Å². The number of alkyl halides is 3. The van der Waals surface area contributed by atoms with Gasteiger partial charge < -0.3 is 4.90 Å². The third-order valence-electron chi connectivity index (χ3n) is 3.77. The monoisotopic (exact) mass is 350 g/mol. The first-order valence-electron chi connectivity index (χ1n) is 7.22. The molecule has 124 valence electrons. The Morgan fingerprint density at radius 1 is 1.14 bits per heavy atom. The van der Waals surface area contributed by atoms with Crippen LogP contribution in [0.4, 0.5) is 13.2 Å². The van der Waals surface area contributed by atoms with Gasteiger partial charge in [0.1, 0.15) is 0 Å². The number of rotatable bonds is 4. The van der Waals surface area contributed by atoms with E-state index in [1.54, 1.807) is 12.1 Å². The highest BCUT2D eigenvalue weighted by molar-refractivity contribution is 8.76. The third-order valence-corrected chi connectivity index (χ3v) is 5.46. The van der Waals surface area contributed by atoms with Crippen LogP contribution in [0.2, 0.25) is 0 Å². The summed E-state index contributed by atoms with van der Waals surface area (Å²) in [4.78, 5) is 5.00. The Morgan fingerprint density at radius 3 is 2.59 bits per heavy atom. The van der Waals surface area contributed by atoms with E-state index in [-0.39, 0.29) is 0 Å². The standard InChI is InChI=1S/C15H21F3N2S2/c1-19-6-3-7-20(9-8-19)11-12-4-5-13(22-21-2)10-14(12)15(16,17)18/h4-5,10H,3,6-9,11H2,1-2H3. The zero-order valence-electron chi connectivity index (χ0n) is 12.8. The number of nitrogens with zero attached hydrogens (tertiary/aromatic N) is 2. The van der Waals surface area contributed by atoms with Gasteiger partial charge in [-0.05, 0) is 50.5 Å². The van der Waals surface area contributed by atoms with Crippen molar-refractivity contribution in [1.29, 1.82) is 0 Å². The van der Waals surface area contributed by atoms with E-state index in [2.05, 4.69) is 16.8 Å². The van der Waals surface area contributed by atoms with Gasteiger partial charge in [0.25, 0.3) is 0 Å². The fourth-order valence-corrected chi connectivity index (χ4v) is 3.97. The maximum Gasteiger partial charge on any atom is 0.416 e. The molecule has 0 spiro atoms. The first-order chi connectivity index (χ1) is 10.4. The normalized spacial score (nSPS) is 18.4. The molecule has 1 aliphatic rings. The Hall–Kier alpha value is -0.370. The Morgan fingerprint density at radius 2 is 1.91 bits per heavy atom. The van der Waals surface area contributed by atoms with E-state index < -0.39 is 11.7 Å². The quantitative estimate of drug-likeness (QED) is 0.750. The van der Waals surface area contributed by atoms with Gasteiger partial charge in [-0.2, -0.15) is 13.2 Å². The van der Waals surface area contributed by atoms with Crippen molar-refractivity contribution in [3.8, 4) is 0 Å². The summed E-state index contributed by atoms with van der Waals surface area (Å²) in [6, 6.07) is 4.70. The molecule has 0 amide bonds. The molecule has 0 atom stereocenters. The number of hydrogen-bond acceptors (Lipinski definition) is 4. The molecule has 1 fully saturated rings. The van der Waals surface area contributed by atoms with Gasteiger partial charge in [-0.15, -0.1) is 0 Å². The molecule has 22 heavy (non-hydrogen) atoms. The highest BCUT2D eigenvalue weighted by Gasteiger charge is 2.34. The fraction of sp³-hybridized carbons (Fsp3) is 0.600. The highest BCUT2D eigenvalue weighted by atomic mass is 33.1. The number of hydrogen-bond donors (Lipinski definition) is 0. The summed E-state index contributed by atoms with van der Waals surface area (Å²) in [5.41, 5.74) is -0.119. The van der Waals surface area contributed by atoms with Crippen LogP contribution in [0.15, 0.2) is 23.1 Å². The molecular formula is C15H21F3N2S2. The van der Waals surface area contributed by atoms with E-state index in [1.165, 1.54) is 27.7 Å². The lowest BCUT2D eigenvalue weighted by molar-refractivity contribution is -0.138. The summed E-state index contributed by atoms with van der Waals surface area (Å²) in [5, 5.41) is 0. The Balaban J connectivity index is 2.18.